The summed E-state index contributed by atoms with van der Waals surface area (Å²) in [6.45, 7) is 1.92. The highest BCUT2D eigenvalue weighted by molar-refractivity contribution is 9.10. The summed E-state index contributed by atoms with van der Waals surface area (Å²) in [5, 5.41) is 0.537. The van der Waals surface area contributed by atoms with Crippen LogP contribution < -0.4 is 9.64 Å². The van der Waals surface area contributed by atoms with Gasteiger partial charge in [0, 0.05) is 37.5 Å². The number of halogens is 2. The van der Waals surface area contributed by atoms with Crippen LogP contribution in [0.25, 0.3) is 0 Å². The number of hydrogen-bond acceptors (Lipinski definition) is 5. The number of anilines is 1. The molecule has 0 bridgehead atoms. The Morgan fingerprint density at radius 3 is 2.61 bits per heavy atom. The highest BCUT2D eigenvalue weighted by atomic mass is 79.9. The fourth-order valence-electron chi connectivity index (χ4n) is 3.35. The van der Waals surface area contributed by atoms with Crippen molar-refractivity contribution in [3.05, 3.63) is 39.8 Å². The summed E-state index contributed by atoms with van der Waals surface area (Å²) in [7, 11) is 0. The van der Waals surface area contributed by atoms with Crippen molar-refractivity contribution in [2.24, 2.45) is 5.92 Å². The summed E-state index contributed by atoms with van der Waals surface area (Å²) < 4.78 is 6.98. The Kier molecular flexibility index (Phi) is 4.11. The largest absolute Gasteiger partial charge is 0.488 e. The van der Waals surface area contributed by atoms with E-state index in [9.17, 15) is 0 Å². The summed E-state index contributed by atoms with van der Waals surface area (Å²) in [5.74, 6) is 2.24. The molecule has 4 heterocycles. The molecule has 23 heavy (non-hydrogen) atoms. The summed E-state index contributed by atoms with van der Waals surface area (Å²) in [5.41, 5.74) is 1.17. The minimum atomic E-state index is 0.234. The van der Waals surface area contributed by atoms with E-state index < -0.39 is 0 Å². The van der Waals surface area contributed by atoms with Gasteiger partial charge in [0.15, 0.2) is 0 Å². The average molecular weight is 396 g/mol. The van der Waals surface area contributed by atoms with Crippen LogP contribution in [0.2, 0.25) is 5.15 Å². The second-order valence-corrected chi connectivity index (χ2v) is 7.30. The van der Waals surface area contributed by atoms with Crippen molar-refractivity contribution in [3.63, 3.8) is 0 Å². The lowest BCUT2D eigenvalue weighted by Gasteiger charge is -2.34. The molecule has 5 nitrogen and oxygen atoms in total. The van der Waals surface area contributed by atoms with Crippen LogP contribution in [-0.4, -0.2) is 34.1 Å². The normalized spacial score (nSPS) is 21.1. The number of rotatable bonds is 2. The van der Waals surface area contributed by atoms with Gasteiger partial charge in [-0.25, -0.2) is 15.0 Å². The second-order valence-electron chi connectivity index (χ2n) is 6.00. The van der Waals surface area contributed by atoms with E-state index in [1.165, 1.54) is 5.56 Å². The van der Waals surface area contributed by atoms with Crippen LogP contribution in [0.15, 0.2) is 29.1 Å². The molecular weight excluding hydrogens is 380 g/mol. The third-order valence-corrected chi connectivity index (χ3v) is 5.19. The smallest absolute Gasteiger partial charge is 0.225 e. The molecule has 0 spiro atoms. The number of piperidine rings is 1. The Balaban J connectivity index is 1.38. The van der Waals surface area contributed by atoms with Gasteiger partial charge in [-0.3, -0.25) is 0 Å². The zero-order valence-corrected chi connectivity index (χ0v) is 14.8. The highest BCUT2D eigenvalue weighted by Crippen LogP contribution is 2.36. The van der Waals surface area contributed by atoms with Crippen LogP contribution in [0.3, 0.4) is 0 Å². The van der Waals surface area contributed by atoms with Crippen LogP contribution in [-0.2, 0) is 6.42 Å². The number of pyridine rings is 1. The second kappa shape index (κ2) is 6.24. The maximum atomic E-state index is 6.08. The number of nitrogens with zero attached hydrogens (tertiary/aromatic N) is 4. The van der Waals surface area contributed by atoms with Crippen molar-refractivity contribution < 1.29 is 4.74 Å². The Hall–Kier alpha value is -1.40. The van der Waals surface area contributed by atoms with Crippen LogP contribution in [0, 0.1) is 5.92 Å². The third-order valence-electron chi connectivity index (χ3n) is 4.57. The van der Waals surface area contributed by atoms with Gasteiger partial charge in [0.2, 0.25) is 5.95 Å². The molecule has 7 heteroatoms. The Bertz CT molecular complexity index is 704. The van der Waals surface area contributed by atoms with Gasteiger partial charge >= 0.3 is 0 Å². The van der Waals surface area contributed by atoms with Gasteiger partial charge in [-0.1, -0.05) is 11.6 Å². The van der Waals surface area contributed by atoms with Crippen molar-refractivity contribution in [3.8, 4) is 5.75 Å². The van der Waals surface area contributed by atoms with E-state index in [4.69, 9.17) is 16.3 Å². The minimum absolute atomic E-state index is 0.234. The summed E-state index contributed by atoms with van der Waals surface area (Å²) in [6, 6.07) is 1.92. The first-order valence-corrected chi connectivity index (χ1v) is 8.90. The van der Waals surface area contributed by atoms with Crippen LogP contribution in [0.4, 0.5) is 5.95 Å². The van der Waals surface area contributed by atoms with Gasteiger partial charge in [0.05, 0.1) is 10.7 Å². The van der Waals surface area contributed by atoms with Gasteiger partial charge in [-0.15, -0.1) is 0 Å². The molecule has 0 saturated carbocycles. The van der Waals surface area contributed by atoms with Crippen molar-refractivity contribution in [1.29, 1.82) is 0 Å². The number of ether oxygens (including phenoxy) is 1. The predicted octanol–water partition coefficient (Wildman–Crippen LogP) is 3.51. The SMILES string of the molecule is Clc1cc2c(cn1)O[C@H](C1CCN(c3ncc(Br)cn3)CC1)C2. The first-order valence-electron chi connectivity index (χ1n) is 7.72. The van der Waals surface area contributed by atoms with E-state index in [1.54, 1.807) is 18.6 Å². The molecule has 4 rings (SSSR count). The van der Waals surface area contributed by atoms with Gasteiger partial charge in [-0.2, -0.15) is 0 Å². The molecule has 2 aliphatic rings. The molecule has 120 valence electrons. The quantitative estimate of drug-likeness (QED) is 0.728. The lowest BCUT2D eigenvalue weighted by molar-refractivity contribution is 0.138. The molecule has 2 aromatic heterocycles. The van der Waals surface area contributed by atoms with E-state index in [1.807, 2.05) is 6.07 Å². The molecule has 0 N–H and O–H groups in total. The average Bonchev–Trinajstić information content (AvgIpc) is 2.99. The number of aromatic nitrogens is 3. The Morgan fingerprint density at radius 2 is 1.87 bits per heavy atom. The van der Waals surface area contributed by atoms with Crippen LogP contribution in [0.1, 0.15) is 18.4 Å². The first kappa shape index (κ1) is 15.1. The number of fused-ring (bicyclic) bond motifs is 1. The molecule has 0 amide bonds. The number of hydrogen-bond donors (Lipinski definition) is 0. The molecule has 1 fully saturated rings. The van der Waals surface area contributed by atoms with Crippen molar-refractivity contribution in [1.82, 2.24) is 15.0 Å². The predicted molar refractivity (Wildman–Crippen MR) is 92.0 cm³/mol. The van der Waals surface area contributed by atoms with Gasteiger partial charge < -0.3 is 9.64 Å². The molecule has 0 aromatic carbocycles. The lowest BCUT2D eigenvalue weighted by Crippen LogP contribution is -2.40. The van der Waals surface area contributed by atoms with Crippen molar-refractivity contribution in [2.75, 3.05) is 18.0 Å². The van der Waals surface area contributed by atoms with Gasteiger partial charge in [0.25, 0.3) is 0 Å². The van der Waals surface area contributed by atoms with E-state index in [-0.39, 0.29) is 6.10 Å². The van der Waals surface area contributed by atoms with Gasteiger partial charge in [0.1, 0.15) is 17.0 Å². The molecule has 0 radical (unpaired) electrons. The first-order chi connectivity index (χ1) is 11.2. The monoisotopic (exact) mass is 394 g/mol. The standard InChI is InChI=1S/C16H16BrClN4O/c17-12-7-20-16(21-8-12)22-3-1-10(2-4-22)13-5-11-6-15(18)19-9-14(11)23-13/h6-10,13H,1-5H2/t13-/m0/s1. The maximum Gasteiger partial charge on any atom is 0.225 e. The lowest BCUT2D eigenvalue weighted by atomic mass is 9.89. The molecular formula is C16H16BrClN4O. The molecule has 0 aliphatic carbocycles. The summed E-state index contributed by atoms with van der Waals surface area (Å²) >= 11 is 9.33. The Morgan fingerprint density at radius 1 is 1.13 bits per heavy atom. The molecule has 2 aromatic rings. The van der Waals surface area contributed by atoms with E-state index in [0.29, 0.717) is 11.1 Å². The van der Waals surface area contributed by atoms with E-state index in [0.717, 1.165) is 48.5 Å². The minimum Gasteiger partial charge on any atom is -0.488 e. The zero-order chi connectivity index (χ0) is 15.8. The van der Waals surface area contributed by atoms with Crippen LogP contribution in [0.5, 0.6) is 5.75 Å². The van der Waals surface area contributed by atoms with E-state index in [2.05, 4.69) is 35.8 Å². The van der Waals surface area contributed by atoms with Gasteiger partial charge in [-0.05, 0) is 40.8 Å². The fourth-order valence-corrected chi connectivity index (χ4v) is 3.73. The van der Waals surface area contributed by atoms with Crippen molar-refractivity contribution in [2.45, 2.75) is 25.4 Å². The molecule has 0 unspecified atom stereocenters. The van der Waals surface area contributed by atoms with E-state index >= 15 is 0 Å². The molecule has 2 aliphatic heterocycles. The zero-order valence-electron chi connectivity index (χ0n) is 12.5. The topological polar surface area (TPSA) is 51.1 Å². The summed E-state index contributed by atoms with van der Waals surface area (Å²) in [6.07, 6.45) is 8.65. The maximum absolute atomic E-state index is 6.08. The molecule has 1 atom stereocenters. The highest BCUT2D eigenvalue weighted by Gasteiger charge is 2.33. The fraction of sp³-hybridized carbons (Fsp3) is 0.438. The van der Waals surface area contributed by atoms with Crippen LogP contribution >= 0.6 is 27.5 Å². The summed E-state index contributed by atoms with van der Waals surface area (Å²) in [4.78, 5) is 15.1. The van der Waals surface area contributed by atoms with Crippen molar-refractivity contribution >= 4 is 33.5 Å². The third kappa shape index (κ3) is 3.15. The molecule has 1 saturated heterocycles. The Labute approximate surface area is 148 Å².